The van der Waals surface area contributed by atoms with Crippen LogP contribution < -0.4 is 25.6 Å². The fourth-order valence-corrected chi connectivity index (χ4v) is 5.07. The van der Waals surface area contributed by atoms with Gasteiger partial charge in [-0.1, -0.05) is 32.0 Å². The number of nitrogen functional groups attached to an aromatic ring is 1. The molecule has 0 bridgehead atoms. The number of rotatable bonds is 7. The van der Waals surface area contributed by atoms with Crippen molar-refractivity contribution < 1.29 is 14.3 Å². The highest BCUT2D eigenvalue weighted by atomic mass is 16.5. The number of para-hydroxylation sites is 1. The summed E-state index contributed by atoms with van der Waals surface area (Å²) in [5.41, 5.74) is 11.1. The number of nitrogens with zero attached hydrogens (tertiary/aromatic N) is 5. The molecular formula is C31H43N7O3. The minimum Gasteiger partial charge on any atom is -0.494 e. The Bertz CT molecular complexity index is 1320. The Kier molecular flexibility index (Phi) is 10.0. The molecule has 0 radical (unpaired) electrons. The van der Waals surface area contributed by atoms with Crippen LogP contribution in [0.25, 0.3) is 0 Å². The van der Waals surface area contributed by atoms with Crippen molar-refractivity contribution in [3.05, 3.63) is 59.3 Å². The van der Waals surface area contributed by atoms with Gasteiger partial charge in [0.2, 0.25) is 5.95 Å². The van der Waals surface area contributed by atoms with Crippen LogP contribution in [0.15, 0.2) is 42.6 Å². The number of aromatic nitrogens is 2. The quantitative estimate of drug-likeness (QED) is 0.364. The van der Waals surface area contributed by atoms with Crippen molar-refractivity contribution >= 4 is 34.9 Å². The number of nitrogens with one attached hydrogen (secondary N) is 1. The van der Waals surface area contributed by atoms with E-state index in [1.165, 1.54) is 0 Å². The molecule has 0 spiro atoms. The molecule has 1 fully saturated rings. The van der Waals surface area contributed by atoms with Crippen LogP contribution in [0.4, 0.5) is 33.6 Å². The van der Waals surface area contributed by atoms with E-state index in [2.05, 4.69) is 36.1 Å². The van der Waals surface area contributed by atoms with Crippen LogP contribution >= 0.6 is 0 Å². The van der Waals surface area contributed by atoms with Gasteiger partial charge in [-0.15, -0.1) is 0 Å². The Labute approximate surface area is 243 Å². The number of hydrogen-bond acceptors (Lipinski definition) is 8. The first-order chi connectivity index (χ1) is 19.8. The van der Waals surface area contributed by atoms with E-state index in [0.29, 0.717) is 48.6 Å². The van der Waals surface area contributed by atoms with Crippen LogP contribution in [0, 0.1) is 13.8 Å². The van der Waals surface area contributed by atoms with Crippen LogP contribution in [-0.4, -0.2) is 67.4 Å². The molecule has 10 nitrogen and oxygen atoms in total. The summed E-state index contributed by atoms with van der Waals surface area (Å²) in [4.78, 5) is 29.3. The van der Waals surface area contributed by atoms with E-state index in [0.717, 1.165) is 48.3 Å². The van der Waals surface area contributed by atoms with Crippen molar-refractivity contribution in [1.29, 1.82) is 0 Å². The van der Waals surface area contributed by atoms with Gasteiger partial charge in [-0.3, -0.25) is 9.80 Å². The molecule has 3 N–H and O–H groups in total. The van der Waals surface area contributed by atoms with Crippen LogP contribution in [0.3, 0.4) is 0 Å². The number of benzene rings is 2. The third kappa shape index (κ3) is 6.89. The summed E-state index contributed by atoms with van der Waals surface area (Å²) < 4.78 is 11.0. The first-order valence-electron chi connectivity index (χ1n) is 14.3. The molecule has 41 heavy (non-hydrogen) atoms. The fourth-order valence-electron chi connectivity index (χ4n) is 5.07. The summed E-state index contributed by atoms with van der Waals surface area (Å²) in [7, 11) is 3.70. The molecule has 0 saturated carbocycles. The van der Waals surface area contributed by atoms with E-state index < -0.39 is 0 Å². The molecular weight excluding hydrogens is 518 g/mol. The Balaban J connectivity index is 0.000000585. The molecule has 2 amide bonds. The van der Waals surface area contributed by atoms with Gasteiger partial charge in [0.05, 0.1) is 25.0 Å². The van der Waals surface area contributed by atoms with E-state index in [1.54, 1.807) is 25.4 Å². The van der Waals surface area contributed by atoms with Crippen molar-refractivity contribution in [3.8, 4) is 5.75 Å². The van der Waals surface area contributed by atoms with Gasteiger partial charge in [-0.25, -0.2) is 9.78 Å². The molecule has 0 atom stereocenters. The standard InChI is InChI=1S/C26H30N6O3.C5H13N/c1-16-5-4-6-17(2)23(16)31-15-18-14-28-25(29-21-8-7-19(27)13-22(21)34-3)30-24(18)32(26(31)33)20-9-11-35-12-10-20;1-4-6(3)5-2/h4-8,13-14,20H,9-12,15,27H2,1-3H3,(H,28,29,30);4-5H2,1-3H3. The van der Waals surface area contributed by atoms with Gasteiger partial charge < -0.3 is 25.4 Å². The molecule has 1 saturated heterocycles. The highest BCUT2D eigenvalue weighted by Gasteiger charge is 2.39. The topological polar surface area (TPSA) is 109 Å². The second-order valence-corrected chi connectivity index (χ2v) is 10.4. The largest absolute Gasteiger partial charge is 0.494 e. The number of ether oxygens (including phenoxy) is 2. The average Bonchev–Trinajstić information content (AvgIpc) is 2.98. The van der Waals surface area contributed by atoms with E-state index in [9.17, 15) is 4.79 Å². The number of methoxy groups -OCH3 is 1. The molecule has 1 aromatic heterocycles. The van der Waals surface area contributed by atoms with Crippen molar-refractivity contribution in [2.45, 2.75) is 53.1 Å². The van der Waals surface area contributed by atoms with Crippen LogP contribution in [0.5, 0.6) is 5.75 Å². The van der Waals surface area contributed by atoms with Gasteiger partial charge >= 0.3 is 6.03 Å². The van der Waals surface area contributed by atoms with Gasteiger partial charge in [0.1, 0.15) is 11.6 Å². The summed E-state index contributed by atoms with van der Waals surface area (Å²) in [5.74, 6) is 1.61. The summed E-state index contributed by atoms with van der Waals surface area (Å²) in [5, 5.41) is 3.22. The molecule has 2 aliphatic rings. The van der Waals surface area contributed by atoms with Gasteiger partial charge in [0.15, 0.2) is 0 Å². The number of fused-ring (bicyclic) bond motifs is 1. The van der Waals surface area contributed by atoms with Crippen LogP contribution in [0.2, 0.25) is 0 Å². The maximum atomic E-state index is 14.0. The van der Waals surface area contributed by atoms with Gasteiger partial charge in [-0.2, -0.15) is 4.98 Å². The zero-order chi connectivity index (χ0) is 29.5. The Morgan fingerprint density at radius 1 is 1.12 bits per heavy atom. The number of hydrogen-bond donors (Lipinski definition) is 2. The number of carbonyl (C=O) groups excluding carboxylic acids is 1. The van der Waals surface area contributed by atoms with E-state index >= 15 is 0 Å². The molecule has 10 heteroatoms. The first kappa shape index (κ1) is 30.1. The van der Waals surface area contributed by atoms with Crippen molar-refractivity contribution in [3.63, 3.8) is 0 Å². The lowest BCUT2D eigenvalue weighted by Gasteiger charge is -2.42. The Hall–Kier alpha value is -3.89. The second-order valence-electron chi connectivity index (χ2n) is 10.4. The monoisotopic (exact) mass is 561 g/mol. The maximum absolute atomic E-state index is 14.0. The molecule has 2 aromatic carbocycles. The zero-order valence-electron chi connectivity index (χ0n) is 25.1. The predicted octanol–water partition coefficient (Wildman–Crippen LogP) is 5.51. The van der Waals surface area contributed by atoms with E-state index in [-0.39, 0.29) is 12.1 Å². The van der Waals surface area contributed by atoms with Gasteiger partial charge in [-0.05, 0) is 70.1 Å². The molecule has 220 valence electrons. The third-order valence-electron chi connectivity index (χ3n) is 7.65. The average molecular weight is 562 g/mol. The van der Waals surface area contributed by atoms with E-state index in [4.69, 9.17) is 20.2 Å². The number of carbonyl (C=O) groups is 1. The van der Waals surface area contributed by atoms with Crippen molar-refractivity contribution in [2.24, 2.45) is 0 Å². The highest BCUT2D eigenvalue weighted by molar-refractivity contribution is 6.06. The summed E-state index contributed by atoms with van der Waals surface area (Å²) >= 11 is 0. The zero-order valence-corrected chi connectivity index (χ0v) is 25.1. The van der Waals surface area contributed by atoms with Gasteiger partial charge in [0.25, 0.3) is 0 Å². The maximum Gasteiger partial charge on any atom is 0.330 e. The number of amides is 2. The predicted molar refractivity (Wildman–Crippen MR) is 165 cm³/mol. The number of anilines is 5. The Morgan fingerprint density at radius 3 is 2.41 bits per heavy atom. The summed E-state index contributed by atoms with van der Waals surface area (Å²) in [6, 6.07) is 11.3. The molecule has 0 unspecified atom stereocenters. The van der Waals surface area contributed by atoms with Crippen molar-refractivity contribution in [2.75, 3.05) is 61.3 Å². The molecule has 0 aliphatic carbocycles. The summed E-state index contributed by atoms with van der Waals surface area (Å²) in [6.07, 6.45) is 3.31. The highest BCUT2D eigenvalue weighted by Crippen LogP contribution is 2.37. The lowest BCUT2D eigenvalue weighted by atomic mass is 10.0. The lowest BCUT2D eigenvalue weighted by Crippen LogP contribution is -2.54. The lowest BCUT2D eigenvalue weighted by molar-refractivity contribution is 0.0854. The fraction of sp³-hybridized carbons (Fsp3) is 0.452. The molecule has 2 aliphatic heterocycles. The smallest absolute Gasteiger partial charge is 0.330 e. The third-order valence-corrected chi connectivity index (χ3v) is 7.65. The second kappa shape index (κ2) is 13.6. The van der Waals surface area contributed by atoms with E-state index in [1.807, 2.05) is 47.9 Å². The Morgan fingerprint density at radius 2 is 1.80 bits per heavy atom. The minimum absolute atomic E-state index is 0.00376. The first-order valence-corrected chi connectivity index (χ1v) is 14.3. The number of urea groups is 1. The van der Waals surface area contributed by atoms with Crippen molar-refractivity contribution in [1.82, 2.24) is 14.9 Å². The van der Waals surface area contributed by atoms with Crippen LogP contribution in [0.1, 0.15) is 43.4 Å². The SMILES string of the molecule is CCN(C)CC.COc1cc(N)ccc1Nc1ncc2c(n1)N(C1CCOCC1)C(=O)N(c1c(C)cccc1C)C2. The number of nitrogens with two attached hydrogens (primary N) is 1. The minimum atomic E-state index is -0.0727. The normalized spacial score (nSPS) is 15.3. The molecule has 5 rings (SSSR count). The number of aryl methyl sites for hydroxylation is 2. The summed E-state index contributed by atoms with van der Waals surface area (Å²) in [6.45, 7) is 12.4. The molecule has 3 heterocycles. The van der Waals surface area contributed by atoms with Gasteiger partial charge in [0, 0.05) is 42.8 Å². The van der Waals surface area contributed by atoms with Crippen LogP contribution in [-0.2, 0) is 11.3 Å². The molecule has 3 aromatic rings.